The first-order chi connectivity index (χ1) is 14.2. The summed E-state index contributed by atoms with van der Waals surface area (Å²) in [4.78, 5) is 61.1. The third kappa shape index (κ3) is 7.95. The van der Waals surface area contributed by atoms with Crippen LogP contribution in [0.1, 0.15) is 44.9 Å². The molecule has 1 rings (SSSR count). The van der Waals surface area contributed by atoms with E-state index in [1.165, 1.54) is 4.90 Å². The SMILES string of the molecule is NCCCCC(NC(=O)CN)C(=O)N1CCCC1C(=O)NC(CCC(N)=O)C(=O)O. The maximum absolute atomic E-state index is 13.0. The van der Waals surface area contributed by atoms with Crippen LogP contribution in [0.4, 0.5) is 0 Å². The summed E-state index contributed by atoms with van der Waals surface area (Å²) in [6, 6.07) is -2.99. The van der Waals surface area contributed by atoms with Crippen LogP contribution in [0.15, 0.2) is 0 Å². The number of carboxylic acid groups (broad SMARTS) is 1. The third-order valence-corrected chi connectivity index (χ3v) is 4.90. The van der Waals surface area contributed by atoms with E-state index in [2.05, 4.69) is 10.6 Å². The molecule has 0 aliphatic carbocycles. The lowest BCUT2D eigenvalue weighted by Gasteiger charge is -2.29. The maximum Gasteiger partial charge on any atom is 0.326 e. The standard InChI is InChI=1S/C18H32N6O6/c19-8-2-1-4-11(22-15(26)10-20)17(28)24-9-3-5-13(24)16(27)23-12(18(29)30)6-7-14(21)25/h11-13H,1-10,19-20H2,(H2,21,25)(H,22,26)(H,23,27)(H,29,30). The molecule has 0 bridgehead atoms. The number of amides is 4. The van der Waals surface area contributed by atoms with Gasteiger partial charge < -0.3 is 37.8 Å². The minimum Gasteiger partial charge on any atom is -0.480 e. The lowest BCUT2D eigenvalue weighted by molar-refractivity contribution is -0.145. The average molecular weight is 428 g/mol. The molecule has 1 fully saturated rings. The molecule has 30 heavy (non-hydrogen) atoms. The van der Waals surface area contributed by atoms with Crippen LogP contribution in [0, 0.1) is 0 Å². The van der Waals surface area contributed by atoms with Crippen molar-refractivity contribution in [1.82, 2.24) is 15.5 Å². The van der Waals surface area contributed by atoms with Gasteiger partial charge in [0.2, 0.25) is 23.6 Å². The molecule has 3 unspecified atom stereocenters. The number of carbonyl (C=O) groups is 5. The van der Waals surface area contributed by atoms with Gasteiger partial charge >= 0.3 is 5.97 Å². The molecule has 3 atom stereocenters. The Morgan fingerprint density at radius 3 is 2.30 bits per heavy atom. The Bertz CT molecular complexity index is 643. The second-order valence-corrected chi connectivity index (χ2v) is 7.20. The van der Waals surface area contributed by atoms with Crippen molar-refractivity contribution in [2.75, 3.05) is 19.6 Å². The molecular formula is C18H32N6O6. The number of unbranched alkanes of at least 4 members (excludes halogenated alkanes) is 1. The van der Waals surface area contributed by atoms with E-state index < -0.39 is 47.7 Å². The zero-order valence-corrected chi connectivity index (χ0v) is 17.0. The van der Waals surface area contributed by atoms with Gasteiger partial charge in [-0.1, -0.05) is 0 Å². The topological polar surface area (TPSA) is 211 Å². The van der Waals surface area contributed by atoms with Crippen molar-refractivity contribution in [1.29, 1.82) is 0 Å². The minimum absolute atomic E-state index is 0.147. The molecule has 1 heterocycles. The molecule has 0 spiro atoms. The first kappa shape index (κ1) is 25.3. The number of rotatable bonds is 13. The van der Waals surface area contributed by atoms with Crippen LogP contribution in [-0.2, 0) is 24.0 Å². The second kappa shape index (κ2) is 12.8. The van der Waals surface area contributed by atoms with Gasteiger partial charge in [-0.05, 0) is 45.1 Å². The summed E-state index contributed by atoms with van der Waals surface area (Å²) >= 11 is 0. The van der Waals surface area contributed by atoms with E-state index in [4.69, 9.17) is 17.2 Å². The molecular weight excluding hydrogens is 396 g/mol. The van der Waals surface area contributed by atoms with Crippen molar-refractivity contribution in [3.8, 4) is 0 Å². The fourth-order valence-electron chi connectivity index (χ4n) is 3.32. The Morgan fingerprint density at radius 2 is 1.73 bits per heavy atom. The van der Waals surface area contributed by atoms with E-state index >= 15 is 0 Å². The summed E-state index contributed by atoms with van der Waals surface area (Å²) < 4.78 is 0. The van der Waals surface area contributed by atoms with E-state index in [0.29, 0.717) is 45.2 Å². The molecule has 4 amide bonds. The Kier molecular flexibility index (Phi) is 10.8. The zero-order chi connectivity index (χ0) is 22.7. The normalized spacial score (nSPS) is 17.8. The summed E-state index contributed by atoms with van der Waals surface area (Å²) in [5.74, 6) is -3.50. The molecule has 1 aliphatic heterocycles. The fourth-order valence-corrected chi connectivity index (χ4v) is 3.32. The van der Waals surface area contributed by atoms with E-state index in [-0.39, 0.29) is 19.4 Å². The van der Waals surface area contributed by atoms with Gasteiger partial charge in [-0.3, -0.25) is 19.2 Å². The summed E-state index contributed by atoms with van der Waals surface area (Å²) in [6.07, 6.45) is 2.21. The van der Waals surface area contributed by atoms with Crippen LogP contribution < -0.4 is 27.8 Å². The minimum atomic E-state index is -1.30. The second-order valence-electron chi connectivity index (χ2n) is 7.20. The summed E-state index contributed by atoms with van der Waals surface area (Å²) in [6.45, 7) is 0.481. The fraction of sp³-hybridized carbons (Fsp3) is 0.722. The first-order valence-corrected chi connectivity index (χ1v) is 10.0. The number of nitrogens with two attached hydrogens (primary N) is 3. The van der Waals surface area contributed by atoms with Gasteiger partial charge in [0, 0.05) is 13.0 Å². The molecule has 0 aromatic heterocycles. The van der Waals surface area contributed by atoms with E-state index in [0.717, 1.165) is 0 Å². The molecule has 0 saturated carbocycles. The number of hydrogen-bond acceptors (Lipinski definition) is 7. The van der Waals surface area contributed by atoms with E-state index in [1.54, 1.807) is 0 Å². The highest BCUT2D eigenvalue weighted by molar-refractivity contribution is 5.94. The number of carbonyl (C=O) groups excluding carboxylic acids is 4. The smallest absolute Gasteiger partial charge is 0.326 e. The quantitative estimate of drug-likeness (QED) is 0.171. The Balaban J connectivity index is 2.85. The van der Waals surface area contributed by atoms with Gasteiger partial charge in [0.25, 0.3) is 0 Å². The number of likely N-dealkylation sites (tertiary alicyclic amines) is 1. The predicted molar refractivity (Wildman–Crippen MR) is 107 cm³/mol. The number of primary amides is 1. The number of nitrogens with zero attached hydrogens (tertiary/aromatic N) is 1. The molecule has 0 radical (unpaired) electrons. The molecule has 12 heteroatoms. The highest BCUT2D eigenvalue weighted by atomic mass is 16.4. The number of aliphatic carboxylic acids is 1. The molecule has 9 N–H and O–H groups in total. The zero-order valence-electron chi connectivity index (χ0n) is 17.0. The molecule has 0 aromatic carbocycles. The van der Waals surface area contributed by atoms with Crippen molar-refractivity contribution in [2.45, 2.75) is 63.1 Å². The van der Waals surface area contributed by atoms with Crippen molar-refractivity contribution in [2.24, 2.45) is 17.2 Å². The van der Waals surface area contributed by atoms with Crippen molar-refractivity contribution in [3.05, 3.63) is 0 Å². The van der Waals surface area contributed by atoms with Crippen molar-refractivity contribution in [3.63, 3.8) is 0 Å². The van der Waals surface area contributed by atoms with Gasteiger partial charge in [-0.15, -0.1) is 0 Å². The van der Waals surface area contributed by atoms with Crippen LogP contribution >= 0.6 is 0 Å². The lowest BCUT2D eigenvalue weighted by Crippen LogP contribution is -2.55. The molecule has 1 aliphatic rings. The predicted octanol–water partition coefficient (Wildman–Crippen LogP) is -2.62. The van der Waals surface area contributed by atoms with Gasteiger partial charge in [-0.2, -0.15) is 0 Å². The molecule has 170 valence electrons. The van der Waals surface area contributed by atoms with Gasteiger partial charge in [0.15, 0.2) is 0 Å². The Hall–Kier alpha value is -2.73. The summed E-state index contributed by atoms with van der Waals surface area (Å²) in [5, 5.41) is 14.2. The number of nitrogens with one attached hydrogen (secondary N) is 2. The molecule has 12 nitrogen and oxygen atoms in total. The van der Waals surface area contributed by atoms with Crippen LogP contribution in [0.3, 0.4) is 0 Å². The average Bonchev–Trinajstić information content (AvgIpc) is 3.19. The maximum atomic E-state index is 13.0. The largest absolute Gasteiger partial charge is 0.480 e. The molecule has 0 aromatic rings. The summed E-state index contributed by atoms with van der Waals surface area (Å²) in [7, 11) is 0. The Labute approximate surface area is 174 Å². The van der Waals surface area contributed by atoms with Crippen molar-refractivity contribution < 1.29 is 29.1 Å². The van der Waals surface area contributed by atoms with E-state index in [9.17, 15) is 29.1 Å². The van der Waals surface area contributed by atoms with Crippen LogP contribution in [-0.4, -0.2) is 77.4 Å². The van der Waals surface area contributed by atoms with Gasteiger partial charge in [0.1, 0.15) is 18.1 Å². The number of hydrogen-bond donors (Lipinski definition) is 6. The number of carboxylic acids is 1. The highest BCUT2D eigenvalue weighted by Crippen LogP contribution is 2.20. The molecule has 1 saturated heterocycles. The van der Waals surface area contributed by atoms with E-state index in [1.807, 2.05) is 0 Å². The third-order valence-electron chi connectivity index (χ3n) is 4.90. The lowest BCUT2D eigenvalue weighted by atomic mass is 10.1. The van der Waals surface area contributed by atoms with Gasteiger partial charge in [-0.25, -0.2) is 4.79 Å². The monoisotopic (exact) mass is 428 g/mol. The van der Waals surface area contributed by atoms with Gasteiger partial charge in [0.05, 0.1) is 6.54 Å². The Morgan fingerprint density at radius 1 is 1.03 bits per heavy atom. The van der Waals surface area contributed by atoms with Crippen LogP contribution in [0.25, 0.3) is 0 Å². The van der Waals surface area contributed by atoms with Crippen LogP contribution in [0.5, 0.6) is 0 Å². The summed E-state index contributed by atoms with van der Waals surface area (Å²) in [5.41, 5.74) is 15.9. The van der Waals surface area contributed by atoms with Crippen LogP contribution in [0.2, 0.25) is 0 Å². The first-order valence-electron chi connectivity index (χ1n) is 10.0. The van der Waals surface area contributed by atoms with Crippen molar-refractivity contribution >= 4 is 29.6 Å². The highest BCUT2D eigenvalue weighted by Gasteiger charge is 2.38.